The predicted molar refractivity (Wildman–Crippen MR) is 124 cm³/mol. The molecule has 1 amide bonds. The van der Waals surface area contributed by atoms with Gasteiger partial charge in [-0.3, -0.25) is 14.7 Å². The summed E-state index contributed by atoms with van der Waals surface area (Å²) in [4.78, 5) is 19.2. The third-order valence-electron chi connectivity index (χ3n) is 6.22. The highest BCUT2D eigenvalue weighted by Gasteiger charge is 2.36. The lowest BCUT2D eigenvalue weighted by atomic mass is 9.91. The fourth-order valence-electron chi connectivity index (χ4n) is 4.43. The number of rotatable bonds is 8. The third-order valence-corrected chi connectivity index (χ3v) is 6.22. The molecule has 33 heavy (non-hydrogen) atoms. The number of nitrogens with zero attached hydrogens (tertiary/aromatic N) is 2. The maximum absolute atomic E-state index is 14.6. The molecule has 2 heterocycles. The minimum Gasteiger partial charge on any atom is -0.494 e. The van der Waals surface area contributed by atoms with Crippen LogP contribution in [0.1, 0.15) is 24.4 Å². The molecule has 0 bridgehead atoms. The topological polar surface area (TPSA) is 75.2 Å². The summed E-state index contributed by atoms with van der Waals surface area (Å²) in [5, 5.41) is 5.78. The number of carbonyl (C=O) groups excluding carboxylic acids is 1. The van der Waals surface area contributed by atoms with Crippen molar-refractivity contribution in [2.45, 2.75) is 18.9 Å². The minimum absolute atomic E-state index is 0.0418. The molecule has 1 fully saturated rings. The fourth-order valence-corrected chi connectivity index (χ4v) is 4.43. The summed E-state index contributed by atoms with van der Waals surface area (Å²) in [6.45, 7) is 2.67. The zero-order valence-electron chi connectivity index (χ0n) is 19.2. The molecule has 1 aliphatic carbocycles. The zero-order valence-corrected chi connectivity index (χ0v) is 19.2. The molecule has 1 aromatic rings. The van der Waals surface area contributed by atoms with Crippen LogP contribution in [0.5, 0.6) is 5.75 Å². The average Bonchev–Trinajstić information content (AvgIpc) is 3.33. The van der Waals surface area contributed by atoms with Crippen molar-refractivity contribution < 1.29 is 18.7 Å². The number of allylic oxidation sites excluding steroid dienone is 3. The number of halogens is 1. The molecule has 174 valence electrons. The van der Waals surface area contributed by atoms with Crippen molar-refractivity contribution in [2.75, 3.05) is 47.4 Å². The van der Waals surface area contributed by atoms with E-state index in [9.17, 15) is 9.18 Å². The number of amides is 1. The van der Waals surface area contributed by atoms with Gasteiger partial charge in [-0.2, -0.15) is 0 Å². The lowest BCUT2D eigenvalue weighted by Gasteiger charge is -2.33. The Bertz CT molecular complexity index is 1100. The number of aliphatic imine (C=N–C) groups is 1. The van der Waals surface area contributed by atoms with Crippen LogP contribution >= 0.6 is 0 Å². The molecule has 7 nitrogen and oxygen atoms in total. The maximum atomic E-state index is 14.6. The molecule has 0 radical (unpaired) electrons. The van der Waals surface area contributed by atoms with Crippen LogP contribution in [0.4, 0.5) is 10.1 Å². The number of benzene rings is 1. The van der Waals surface area contributed by atoms with Gasteiger partial charge in [0, 0.05) is 44.2 Å². The molecular formula is C25H29FN4O3. The number of carbonyl (C=O) groups is 1. The van der Waals surface area contributed by atoms with E-state index in [1.165, 1.54) is 13.2 Å². The summed E-state index contributed by atoms with van der Waals surface area (Å²) in [5.41, 5.74) is 9.35. The number of nitrogens with one attached hydrogen (secondary N) is 2. The second-order valence-corrected chi connectivity index (χ2v) is 8.23. The predicted octanol–water partition coefficient (Wildman–Crippen LogP) is 2.79. The fraction of sp³-hybridized carbons (Fsp3) is 0.440. The first-order valence-corrected chi connectivity index (χ1v) is 11.2. The van der Waals surface area contributed by atoms with Crippen LogP contribution in [0.3, 0.4) is 0 Å². The van der Waals surface area contributed by atoms with E-state index in [0.29, 0.717) is 31.0 Å². The molecule has 0 saturated carbocycles. The molecule has 0 aromatic heterocycles. The van der Waals surface area contributed by atoms with Gasteiger partial charge in [0.25, 0.3) is 0 Å². The largest absolute Gasteiger partial charge is 0.494 e. The molecule has 2 aliphatic heterocycles. The van der Waals surface area contributed by atoms with Crippen LogP contribution in [0.15, 0.2) is 52.1 Å². The first kappa shape index (κ1) is 23.0. The molecule has 2 N–H and O–H groups in total. The highest BCUT2D eigenvalue weighted by Crippen LogP contribution is 2.43. The lowest BCUT2D eigenvalue weighted by molar-refractivity contribution is -0.124. The number of fused-ring (bicyclic) bond motifs is 1. The molecule has 8 heteroatoms. The number of hydrogen-bond acceptors (Lipinski definition) is 6. The van der Waals surface area contributed by atoms with Crippen molar-refractivity contribution in [1.29, 1.82) is 0 Å². The van der Waals surface area contributed by atoms with Crippen LogP contribution in [0.2, 0.25) is 0 Å². The number of hydrogen-bond donors (Lipinski definition) is 2. The quantitative estimate of drug-likeness (QED) is 0.469. The van der Waals surface area contributed by atoms with Gasteiger partial charge < -0.3 is 20.1 Å². The summed E-state index contributed by atoms with van der Waals surface area (Å²) in [6, 6.07) is 3.06. The van der Waals surface area contributed by atoms with Gasteiger partial charge in [0.15, 0.2) is 17.3 Å². The van der Waals surface area contributed by atoms with Gasteiger partial charge in [0.2, 0.25) is 5.91 Å². The van der Waals surface area contributed by atoms with Gasteiger partial charge in [-0.1, -0.05) is 5.73 Å². The molecule has 2 atom stereocenters. The second kappa shape index (κ2) is 10.2. The highest BCUT2D eigenvalue weighted by molar-refractivity contribution is 6.05. The van der Waals surface area contributed by atoms with Crippen molar-refractivity contribution >= 4 is 17.3 Å². The number of methoxy groups -OCH3 is 1. The van der Waals surface area contributed by atoms with Gasteiger partial charge >= 0.3 is 0 Å². The number of likely N-dealkylation sites (N-methyl/N-ethyl adjacent to an activating group) is 1. The SMILES string of the molecule is CNCCOC1=C=C=C(C2=Nc3cc(OC)c(F)cc3C(N3CC[C@H](C(=O)NC)C3)C2)C=C1. The van der Waals surface area contributed by atoms with Gasteiger partial charge in [0.1, 0.15) is 6.61 Å². The standard InChI is InChI=1S/C25H29FN4O3/c1-27-9-11-33-18-6-4-16(5-7-18)21-13-23(30-10-8-17(15-30)25(31)28-2)19-12-20(26)24(32-3)14-22(19)29-21/h4,6,12,14,17,23,27H,8-11,13,15H2,1-3H3,(H,28,31)/t17-,23?/m0/s1. The van der Waals surface area contributed by atoms with Crippen LogP contribution < -0.4 is 15.4 Å². The number of likely N-dealkylation sites (tertiary alicyclic amines) is 1. The summed E-state index contributed by atoms with van der Waals surface area (Å²) in [7, 11) is 4.97. The Balaban J connectivity index is 1.67. The first-order chi connectivity index (χ1) is 16.0. The van der Waals surface area contributed by atoms with E-state index in [2.05, 4.69) is 27.0 Å². The van der Waals surface area contributed by atoms with Crippen molar-refractivity contribution in [2.24, 2.45) is 10.9 Å². The Morgan fingerprint density at radius 3 is 2.85 bits per heavy atom. The molecule has 1 aromatic carbocycles. The van der Waals surface area contributed by atoms with E-state index in [4.69, 9.17) is 14.5 Å². The van der Waals surface area contributed by atoms with Gasteiger partial charge in [0.05, 0.1) is 24.4 Å². The Morgan fingerprint density at radius 2 is 2.15 bits per heavy atom. The lowest BCUT2D eigenvalue weighted by Crippen LogP contribution is -2.33. The smallest absolute Gasteiger partial charge is 0.224 e. The van der Waals surface area contributed by atoms with Crippen molar-refractivity contribution in [3.63, 3.8) is 0 Å². The summed E-state index contributed by atoms with van der Waals surface area (Å²) >= 11 is 0. The molecule has 0 spiro atoms. The first-order valence-electron chi connectivity index (χ1n) is 11.2. The average molecular weight is 453 g/mol. The van der Waals surface area contributed by atoms with Crippen LogP contribution in [-0.2, 0) is 9.53 Å². The summed E-state index contributed by atoms with van der Waals surface area (Å²) in [5.74, 6) is 0.341. The van der Waals surface area contributed by atoms with Crippen molar-refractivity contribution in [1.82, 2.24) is 15.5 Å². The van der Waals surface area contributed by atoms with E-state index in [1.54, 1.807) is 13.1 Å². The van der Waals surface area contributed by atoms with E-state index in [0.717, 1.165) is 36.4 Å². The zero-order chi connectivity index (χ0) is 23.4. The van der Waals surface area contributed by atoms with E-state index < -0.39 is 5.82 Å². The number of ether oxygens (including phenoxy) is 2. The van der Waals surface area contributed by atoms with Gasteiger partial charge in [-0.15, -0.1) is 0 Å². The van der Waals surface area contributed by atoms with Crippen LogP contribution in [0.25, 0.3) is 0 Å². The summed E-state index contributed by atoms with van der Waals surface area (Å²) in [6.07, 6.45) is 5.14. The molecule has 4 rings (SSSR count). The molecule has 1 saturated heterocycles. The highest BCUT2D eigenvalue weighted by atomic mass is 19.1. The summed E-state index contributed by atoms with van der Waals surface area (Å²) < 4.78 is 25.4. The van der Waals surface area contributed by atoms with E-state index in [1.807, 2.05) is 19.2 Å². The van der Waals surface area contributed by atoms with Gasteiger partial charge in [-0.25, -0.2) is 4.39 Å². The monoisotopic (exact) mass is 452 g/mol. The van der Waals surface area contributed by atoms with E-state index in [-0.39, 0.29) is 23.6 Å². The Morgan fingerprint density at radius 1 is 1.30 bits per heavy atom. The molecular weight excluding hydrogens is 423 g/mol. The van der Waals surface area contributed by atoms with Crippen molar-refractivity contribution in [3.8, 4) is 5.75 Å². The Hall–Kier alpha value is -3.15. The minimum atomic E-state index is -0.412. The Labute approximate surface area is 193 Å². The van der Waals surface area contributed by atoms with Gasteiger partial charge in [-0.05, 0) is 49.5 Å². The van der Waals surface area contributed by atoms with E-state index >= 15 is 0 Å². The normalized spacial score (nSPS) is 21.8. The molecule has 3 aliphatic rings. The van der Waals surface area contributed by atoms with Crippen LogP contribution in [-0.4, -0.2) is 64.0 Å². The molecule has 1 unspecified atom stereocenters. The third kappa shape index (κ3) is 4.95. The van der Waals surface area contributed by atoms with Crippen molar-refractivity contribution in [3.05, 3.63) is 58.5 Å². The second-order valence-electron chi connectivity index (χ2n) is 8.23. The maximum Gasteiger partial charge on any atom is 0.224 e. The van der Waals surface area contributed by atoms with Crippen LogP contribution in [0, 0.1) is 11.7 Å². The Kier molecular flexibility index (Phi) is 7.11.